The van der Waals surface area contributed by atoms with Gasteiger partial charge in [0, 0.05) is 22.3 Å². The first-order valence-electron chi connectivity index (χ1n) is 10.7. The molecule has 1 spiro atoms. The van der Waals surface area contributed by atoms with Crippen LogP contribution < -0.4 is 10.2 Å². The van der Waals surface area contributed by atoms with Crippen molar-refractivity contribution < 1.29 is 14.4 Å². The molecule has 3 amide bonds. The third-order valence-corrected chi connectivity index (χ3v) is 7.78. The molecule has 7 heteroatoms. The van der Waals surface area contributed by atoms with Crippen molar-refractivity contribution in [2.75, 3.05) is 16.8 Å². The van der Waals surface area contributed by atoms with Crippen LogP contribution in [0.1, 0.15) is 29.5 Å². The fourth-order valence-electron chi connectivity index (χ4n) is 6.50. The summed E-state index contributed by atoms with van der Waals surface area (Å²) in [5.74, 6) is -1.95. The summed E-state index contributed by atoms with van der Waals surface area (Å²) in [6.07, 6.45) is 1.72. The monoisotopic (exact) mass is 435 g/mol. The number of carbonyl (C=O) groups is 3. The minimum Gasteiger partial charge on any atom is -0.324 e. The van der Waals surface area contributed by atoms with Gasteiger partial charge in [0.15, 0.2) is 0 Å². The van der Waals surface area contributed by atoms with Crippen LogP contribution in [-0.2, 0) is 19.9 Å². The van der Waals surface area contributed by atoms with E-state index in [2.05, 4.69) is 10.2 Å². The summed E-state index contributed by atoms with van der Waals surface area (Å²) in [7, 11) is 0. The van der Waals surface area contributed by atoms with E-state index < -0.39 is 17.4 Å². The number of nitrogens with zero attached hydrogens (tertiary/aromatic N) is 2. The summed E-state index contributed by atoms with van der Waals surface area (Å²) >= 11 is 6.02. The van der Waals surface area contributed by atoms with E-state index in [1.807, 2.05) is 26.0 Å². The maximum atomic E-state index is 13.9. The van der Waals surface area contributed by atoms with Gasteiger partial charge in [0.05, 0.1) is 17.5 Å². The van der Waals surface area contributed by atoms with E-state index in [0.717, 1.165) is 35.2 Å². The van der Waals surface area contributed by atoms with Crippen LogP contribution in [-0.4, -0.2) is 35.2 Å². The zero-order chi connectivity index (χ0) is 21.7. The van der Waals surface area contributed by atoms with Crippen LogP contribution in [0.3, 0.4) is 0 Å². The molecular formula is C24H22ClN3O3. The lowest BCUT2D eigenvalue weighted by Gasteiger charge is -2.36. The molecule has 0 aromatic heterocycles. The van der Waals surface area contributed by atoms with E-state index in [0.29, 0.717) is 17.3 Å². The highest BCUT2D eigenvalue weighted by Gasteiger charge is 2.74. The average molecular weight is 436 g/mol. The normalized spacial score (nSPS) is 31.4. The number of rotatable bonds is 1. The van der Waals surface area contributed by atoms with Crippen molar-refractivity contribution in [3.05, 3.63) is 58.1 Å². The van der Waals surface area contributed by atoms with Gasteiger partial charge in [0.2, 0.25) is 17.7 Å². The van der Waals surface area contributed by atoms with Crippen LogP contribution in [0.5, 0.6) is 0 Å². The molecule has 4 aliphatic heterocycles. The highest BCUT2D eigenvalue weighted by molar-refractivity contribution is 6.31. The summed E-state index contributed by atoms with van der Waals surface area (Å²) in [6, 6.07) is 10.7. The molecule has 31 heavy (non-hydrogen) atoms. The SMILES string of the molecule is Cc1cc(C)c2c(c1)[C@]1(C(=O)N2)[C@@H]2C(=O)N(c3ccc(Cl)cc3)C(=O)[C@H]2[C@@H]2CCCN21. The number of halogens is 1. The molecule has 2 aromatic carbocycles. The molecule has 0 aliphatic carbocycles. The Morgan fingerprint density at radius 3 is 2.55 bits per heavy atom. The third-order valence-electron chi connectivity index (χ3n) is 7.53. The predicted molar refractivity (Wildman–Crippen MR) is 117 cm³/mol. The third kappa shape index (κ3) is 2.19. The second-order valence-electron chi connectivity index (χ2n) is 9.12. The summed E-state index contributed by atoms with van der Waals surface area (Å²) in [5.41, 5.74) is 3.02. The number of anilines is 2. The lowest BCUT2D eigenvalue weighted by molar-refractivity contribution is -0.135. The Morgan fingerprint density at radius 1 is 1.06 bits per heavy atom. The molecule has 158 valence electrons. The molecule has 4 atom stereocenters. The predicted octanol–water partition coefficient (Wildman–Crippen LogP) is 3.39. The second kappa shape index (κ2) is 6.17. The highest BCUT2D eigenvalue weighted by atomic mass is 35.5. The maximum absolute atomic E-state index is 13.9. The molecular weight excluding hydrogens is 414 g/mol. The van der Waals surface area contributed by atoms with Gasteiger partial charge in [-0.3, -0.25) is 19.3 Å². The molecule has 4 heterocycles. The molecule has 0 bridgehead atoms. The van der Waals surface area contributed by atoms with Crippen molar-refractivity contribution in [3.8, 4) is 0 Å². The highest BCUT2D eigenvalue weighted by Crippen LogP contribution is 2.61. The fraction of sp³-hybridized carbons (Fsp3) is 0.375. The van der Waals surface area contributed by atoms with Crippen LogP contribution in [0.4, 0.5) is 11.4 Å². The van der Waals surface area contributed by atoms with Crippen LogP contribution in [0.15, 0.2) is 36.4 Å². The van der Waals surface area contributed by atoms with Gasteiger partial charge in [-0.05, 0) is 63.1 Å². The lowest BCUT2D eigenvalue weighted by atomic mass is 9.75. The second-order valence-corrected chi connectivity index (χ2v) is 9.56. The zero-order valence-corrected chi connectivity index (χ0v) is 18.1. The summed E-state index contributed by atoms with van der Waals surface area (Å²) in [5, 5.41) is 3.61. The Kier molecular flexibility index (Phi) is 3.79. The molecule has 6 nitrogen and oxygen atoms in total. The largest absolute Gasteiger partial charge is 0.324 e. The molecule has 3 saturated heterocycles. The average Bonchev–Trinajstić information content (AvgIpc) is 3.42. The van der Waals surface area contributed by atoms with E-state index >= 15 is 0 Å². The Bertz CT molecular complexity index is 1180. The minimum atomic E-state index is -1.13. The Balaban J connectivity index is 1.57. The van der Waals surface area contributed by atoms with Gasteiger partial charge in [0.1, 0.15) is 5.54 Å². The fourth-order valence-corrected chi connectivity index (χ4v) is 6.63. The van der Waals surface area contributed by atoms with Gasteiger partial charge in [-0.25, -0.2) is 4.90 Å². The first-order chi connectivity index (χ1) is 14.9. The van der Waals surface area contributed by atoms with Crippen LogP contribution in [0, 0.1) is 25.7 Å². The Morgan fingerprint density at radius 2 is 1.81 bits per heavy atom. The Hall–Kier alpha value is -2.70. The van der Waals surface area contributed by atoms with Gasteiger partial charge in [0.25, 0.3) is 0 Å². The molecule has 0 radical (unpaired) electrons. The number of fused-ring (bicyclic) bond motifs is 7. The first-order valence-corrected chi connectivity index (χ1v) is 11.1. The molecule has 0 saturated carbocycles. The number of aryl methyl sites for hydroxylation is 2. The van der Waals surface area contributed by atoms with E-state index in [1.54, 1.807) is 24.3 Å². The van der Waals surface area contributed by atoms with Crippen molar-refractivity contribution in [1.29, 1.82) is 0 Å². The number of nitrogens with one attached hydrogen (secondary N) is 1. The van der Waals surface area contributed by atoms with Gasteiger partial charge in [-0.1, -0.05) is 29.3 Å². The summed E-state index contributed by atoms with van der Waals surface area (Å²) < 4.78 is 0. The minimum absolute atomic E-state index is 0.115. The molecule has 6 rings (SSSR count). The lowest BCUT2D eigenvalue weighted by Crippen LogP contribution is -2.54. The smallest absolute Gasteiger partial charge is 0.250 e. The van der Waals surface area contributed by atoms with Crippen molar-refractivity contribution >= 4 is 40.7 Å². The summed E-state index contributed by atoms with van der Waals surface area (Å²) in [4.78, 5) is 44.6. The number of hydrogen-bond acceptors (Lipinski definition) is 4. The first kappa shape index (κ1) is 19.0. The van der Waals surface area contributed by atoms with E-state index in [4.69, 9.17) is 11.6 Å². The zero-order valence-electron chi connectivity index (χ0n) is 17.3. The number of carbonyl (C=O) groups excluding carboxylic acids is 3. The van der Waals surface area contributed by atoms with Gasteiger partial charge in [-0.15, -0.1) is 0 Å². The summed E-state index contributed by atoms with van der Waals surface area (Å²) in [6.45, 7) is 4.68. The standard InChI is InChI=1S/C24H22ClN3O3/c1-12-10-13(2)20-16(11-12)24(23(31)26-20)19-18(17-4-3-9-27(17)24)21(29)28(22(19)30)15-7-5-14(25)6-8-15/h5-8,10-11,17-19H,3-4,9H2,1-2H3,(H,26,31)/t17-,18-,19-,24+/m0/s1. The molecule has 0 unspecified atom stereocenters. The Labute approximate surface area is 185 Å². The topological polar surface area (TPSA) is 69.7 Å². The van der Waals surface area contributed by atoms with Crippen molar-refractivity contribution in [2.45, 2.75) is 38.3 Å². The van der Waals surface area contributed by atoms with E-state index in [9.17, 15) is 14.4 Å². The molecule has 4 aliphatic rings. The maximum Gasteiger partial charge on any atom is 0.250 e. The van der Waals surface area contributed by atoms with Crippen LogP contribution >= 0.6 is 11.6 Å². The van der Waals surface area contributed by atoms with Gasteiger partial charge >= 0.3 is 0 Å². The number of benzene rings is 2. The number of hydrogen-bond donors (Lipinski definition) is 1. The van der Waals surface area contributed by atoms with E-state index in [1.165, 1.54) is 4.90 Å². The van der Waals surface area contributed by atoms with Crippen LogP contribution in [0.25, 0.3) is 0 Å². The quantitative estimate of drug-likeness (QED) is 0.697. The van der Waals surface area contributed by atoms with Crippen molar-refractivity contribution in [1.82, 2.24) is 4.90 Å². The van der Waals surface area contributed by atoms with Gasteiger partial charge < -0.3 is 5.32 Å². The number of amides is 3. The van der Waals surface area contributed by atoms with E-state index in [-0.39, 0.29) is 23.8 Å². The molecule has 3 fully saturated rings. The molecule has 2 aromatic rings. The van der Waals surface area contributed by atoms with Crippen molar-refractivity contribution in [2.24, 2.45) is 11.8 Å². The van der Waals surface area contributed by atoms with Crippen LogP contribution in [0.2, 0.25) is 5.02 Å². The van der Waals surface area contributed by atoms with Gasteiger partial charge in [-0.2, -0.15) is 0 Å². The van der Waals surface area contributed by atoms with Crippen molar-refractivity contribution in [3.63, 3.8) is 0 Å². The molecule has 1 N–H and O–H groups in total. The number of imide groups is 1.